The van der Waals surface area contributed by atoms with Crippen molar-refractivity contribution < 1.29 is 9.53 Å². The summed E-state index contributed by atoms with van der Waals surface area (Å²) < 4.78 is 6.17. The van der Waals surface area contributed by atoms with Crippen LogP contribution in [0.25, 0.3) is 11.3 Å². The maximum atomic E-state index is 12.3. The van der Waals surface area contributed by atoms with Gasteiger partial charge in [-0.25, -0.2) is 9.78 Å². The second-order valence-corrected chi connectivity index (χ2v) is 5.67. The summed E-state index contributed by atoms with van der Waals surface area (Å²) in [5.74, 6) is 0.0235. The van der Waals surface area contributed by atoms with Gasteiger partial charge in [0.1, 0.15) is 0 Å². The number of nitrogens with two attached hydrogens (primary N) is 1. The molecule has 0 bridgehead atoms. The molecular formula is C19H18N4O3. The molecule has 0 radical (unpaired) electrons. The number of aromatic nitrogens is 2. The lowest BCUT2D eigenvalue weighted by molar-refractivity contribution is 0.0601. The van der Waals surface area contributed by atoms with Crippen LogP contribution in [0.1, 0.15) is 10.4 Å². The number of nitrogens with one attached hydrogen (secondary N) is 1. The van der Waals surface area contributed by atoms with Crippen LogP contribution in [0.2, 0.25) is 0 Å². The van der Waals surface area contributed by atoms with E-state index < -0.39 is 5.97 Å². The van der Waals surface area contributed by atoms with E-state index >= 15 is 0 Å². The number of pyridine rings is 2. The minimum atomic E-state index is -0.406. The van der Waals surface area contributed by atoms with Crippen molar-refractivity contribution in [2.45, 2.75) is 0 Å². The van der Waals surface area contributed by atoms with Crippen molar-refractivity contribution >= 4 is 23.2 Å². The smallest absolute Gasteiger partial charge is 0.337 e. The van der Waals surface area contributed by atoms with Crippen LogP contribution in [-0.2, 0) is 11.8 Å². The SMILES string of the molecule is COC(=O)c1ccc(Nc2nc(-c3cccn(C)c3=O)ccc2N)cc1. The molecular weight excluding hydrogens is 332 g/mol. The Hall–Kier alpha value is -3.61. The van der Waals surface area contributed by atoms with Gasteiger partial charge in [0.05, 0.1) is 29.6 Å². The fraction of sp³-hybridized carbons (Fsp3) is 0.105. The molecule has 132 valence electrons. The fourth-order valence-electron chi connectivity index (χ4n) is 2.46. The number of benzene rings is 1. The molecule has 3 N–H and O–H groups in total. The van der Waals surface area contributed by atoms with Crippen molar-refractivity contribution in [2.24, 2.45) is 7.05 Å². The van der Waals surface area contributed by atoms with Gasteiger partial charge in [0, 0.05) is 18.9 Å². The van der Waals surface area contributed by atoms with E-state index in [2.05, 4.69) is 15.0 Å². The maximum Gasteiger partial charge on any atom is 0.337 e. The number of ether oxygens (including phenoxy) is 1. The van der Waals surface area contributed by atoms with Gasteiger partial charge in [0.2, 0.25) is 0 Å². The Bertz CT molecular complexity index is 1010. The molecule has 1 aromatic carbocycles. The van der Waals surface area contributed by atoms with Crippen molar-refractivity contribution in [3.8, 4) is 11.3 Å². The minimum Gasteiger partial charge on any atom is -0.465 e. The molecule has 0 aliphatic rings. The number of esters is 1. The van der Waals surface area contributed by atoms with E-state index in [4.69, 9.17) is 5.73 Å². The predicted molar refractivity (Wildman–Crippen MR) is 100 cm³/mol. The average Bonchev–Trinajstić information content (AvgIpc) is 2.66. The molecule has 3 rings (SSSR count). The van der Waals surface area contributed by atoms with Gasteiger partial charge in [-0.15, -0.1) is 0 Å². The summed E-state index contributed by atoms with van der Waals surface area (Å²) >= 11 is 0. The van der Waals surface area contributed by atoms with Crippen molar-refractivity contribution in [2.75, 3.05) is 18.2 Å². The number of hydrogen-bond acceptors (Lipinski definition) is 6. The number of nitrogens with zero attached hydrogens (tertiary/aromatic N) is 2. The zero-order valence-corrected chi connectivity index (χ0v) is 14.4. The summed E-state index contributed by atoms with van der Waals surface area (Å²) in [6.45, 7) is 0. The molecule has 0 saturated carbocycles. The van der Waals surface area contributed by atoms with Crippen molar-refractivity contribution in [1.82, 2.24) is 9.55 Å². The van der Waals surface area contributed by atoms with Crippen LogP contribution < -0.4 is 16.6 Å². The van der Waals surface area contributed by atoms with E-state index in [0.29, 0.717) is 34.0 Å². The minimum absolute atomic E-state index is 0.141. The summed E-state index contributed by atoms with van der Waals surface area (Å²) in [5.41, 5.74) is 8.46. The zero-order chi connectivity index (χ0) is 18.7. The third kappa shape index (κ3) is 3.41. The largest absolute Gasteiger partial charge is 0.465 e. The Balaban J connectivity index is 1.92. The molecule has 7 nitrogen and oxygen atoms in total. The van der Waals surface area contributed by atoms with E-state index in [1.54, 1.807) is 61.8 Å². The number of aryl methyl sites for hydroxylation is 1. The first-order valence-electron chi connectivity index (χ1n) is 7.87. The van der Waals surface area contributed by atoms with Gasteiger partial charge in [0.25, 0.3) is 5.56 Å². The summed E-state index contributed by atoms with van der Waals surface area (Å²) in [5, 5.41) is 3.10. The molecule has 26 heavy (non-hydrogen) atoms. The predicted octanol–water partition coefficient (Wildman–Crippen LogP) is 2.56. The second kappa shape index (κ2) is 7.10. The first-order chi connectivity index (χ1) is 12.5. The summed E-state index contributed by atoms with van der Waals surface area (Å²) in [4.78, 5) is 28.2. The Morgan fingerprint density at radius 3 is 2.58 bits per heavy atom. The third-order valence-corrected chi connectivity index (χ3v) is 3.89. The zero-order valence-electron chi connectivity index (χ0n) is 14.4. The topological polar surface area (TPSA) is 99.2 Å². The monoisotopic (exact) mass is 350 g/mol. The molecule has 2 aromatic heterocycles. The van der Waals surface area contributed by atoms with Gasteiger partial charge >= 0.3 is 5.97 Å². The van der Waals surface area contributed by atoms with Crippen LogP contribution in [0.3, 0.4) is 0 Å². The molecule has 0 fully saturated rings. The van der Waals surface area contributed by atoms with Gasteiger partial charge in [0.15, 0.2) is 5.82 Å². The van der Waals surface area contributed by atoms with Crippen molar-refractivity contribution in [1.29, 1.82) is 0 Å². The lowest BCUT2D eigenvalue weighted by Crippen LogP contribution is -2.17. The number of anilines is 3. The van der Waals surface area contributed by atoms with Crippen LogP contribution in [0.5, 0.6) is 0 Å². The molecule has 0 atom stereocenters. The van der Waals surface area contributed by atoms with E-state index in [-0.39, 0.29) is 5.56 Å². The third-order valence-electron chi connectivity index (χ3n) is 3.89. The van der Waals surface area contributed by atoms with Gasteiger partial charge in [-0.1, -0.05) is 0 Å². The molecule has 2 heterocycles. The van der Waals surface area contributed by atoms with Crippen LogP contribution in [0.4, 0.5) is 17.2 Å². The normalized spacial score (nSPS) is 10.4. The van der Waals surface area contributed by atoms with Gasteiger partial charge in [-0.2, -0.15) is 0 Å². The fourth-order valence-corrected chi connectivity index (χ4v) is 2.46. The van der Waals surface area contributed by atoms with Gasteiger partial charge in [-0.05, 0) is 48.5 Å². The standard InChI is InChI=1S/C19H18N4O3/c1-23-11-3-4-14(18(23)24)16-10-9-15(20)17(22-16)21-13-7-5-12(6-8-13)19(25)26-2/h3-11H,20H2,1-2H3,(H,21,22). The number of carbonyl (C=O) groups is 1. The van der Waals surface area contributed by atoms with Crippen molar-refractivity contribution in [3.05, 3.63) is 70.6 Å². The number of rotatable bonds is 4. The highest BCUT2D eigenvalue weighted by Gasteiger charge is 2.10. The van der Waals surface area contributed by atoms with Crippen molar-refractivity contribution in [3.63, 3.8) is 0 Å². The van der Waals surface area contributed by atoms with E-state index in [1.165, 1.54) is 11.7 Å². The molecule has 0 unspecified atom stereocenters. The quantitative estimate of drug-likeness (QED) is 0.702. The number of nitrogen functional groups attached to an aromatic ring is 1. The van der Waals surface area contributed by atoms with Crippen LogP contribution in [0, 0.1) is 0 Å². The highest BCUT2D eigenvalue weighted by atomic mass is 16.5. The number of carbonyl (C=O) groups excluding carboxylic acids is 1. The van der Waals surface area contributed by atoms with Gasteiger partial charge in [-0.3, -0.25) is 4.79 Å². The Kier molecular flexibility index (Phi) is 4.70. The van der Waals surface area contributed by atoms with E-state index in [1.807, 2.05) is 0 Å². The average molecular weight is 350 g/mol. The van der Waals surface area contributed by atoms with E-state index in [9.17, 15) is 9.59 Å². The number of hydrogen-bond donors (Lipinski definition) is 2. The van der Waals surface area contributed by atoms with E-state index in [0.717, 1.165) is 0 Å². The van der Waals surface area contributed by atoms with Gasteiger partial charge < -0.3 is 20.4 Å². The van der Waals surface area contributed by atoms with Crippen LogP contribution >= 0.6 is 0 Å². The lowest BCUT2D eigenvalue weighted by atomic mass is 10.1. The summed E-state index contributed by atoms with van der Waals surface area (Å²) in [6.07, 6.45) is 1.69. The first kappa shape index (κ1) is 17.2. The molecule has 0 saturated heterocycles. The maximum absolute atomic E-state index is 12.3. The lowest BCUT2D eigenvalue weighted by Gasteiger charge is -2.11. The molecule has 0 amide bonds. The Morgan fingerprint density at radius 2 is 1.88 bits per heavy atom. The molecule has 0 aliphatic heterocycles. The Labute approximate surface area is 150 Å². The Morgan fingerprint density at radius 1 is 1.15 bits per heavy atom. The summed E-state index contributed by atoms with van der Waals surface area (Å²) in [6, 6.07) is 13.6. The first-order valence-corrected chi connectivity index (χ1v) is 7.87. The molecule has 0 aliphatic carbocycles. The number of methoxy groups -OCH3 is 1. The van der Waals surface area contributed by atoms with Crippen LogP contribution in [0.15, 0.2) is 59.5 Å². The van der Waals surface area contributed by atoms with Crippen LogP contribution in [-0.4, -0.2) is 22.6 Å². The molecule has 3 aromatic rings. The molecule has 0 spiro atoms. The highest BCUT2D eigenvalue weighted by Crippen LogP contribution is 2.24. The second-order valence-electron chi connectivity index (χ2n) is 5.67. The highest BCUT2D eigenvalue weighted by molar-refractivity contribution is 5.89. The summed E-state index contributed by atoms with van der Waals surface area (Å²) in [7, 11) is 3.02. The molecule has 7 heteroatoms.